The molecule has 1 N–H and O–H groups in total. The van der Waals surface area contributed by atoms with Crippen molar-refractivity contribution in [3.8, 4) is 5.69 Å². The molecular weight excluding hydrogens is 271 g/mol. The van der Waals surface area contributed by atoms with Crippen molar-refractivity contribution in [1.82, 2.24) is 9.78 Å². The highest BCUT2D eigenvalue weighted by molar-refractivity contribution is 6.31. The number of rotatable bonds is 3. The van der Waals surface area contributed by atoms with E-state index in [4.69, 9.17) is 16.7 Å². The van der Waals surface area contributed by atoms with Gasteiger partial charge in [-0.25, -0.2) is 13.9 Å². The Kier molecular flexibility index (Phi) is 3.66. The van der Waals surface area contributed by atoms with Crippen molar-refractivity contribution in [1.29, 1.82) is 0 Å². The lowest BCUT2D eigenvalue weighted by atomic mass is 10.1. The number of halogens is 2. The topological polar surface area (TPSA) is 55.1 Å². The van der Waals surface area contributed by atoms with Crippen molar-refractivity contribution >= 4 is 23.6 Å². The minimum atomic E-state index is -1.15. The molecule has 98 valence electrons. The number of carbonyl (C=O) groups is 1. The van der Waals surface area contributed by atoms with Gasteiger partial charge in [0.05, 0.1) is 16.4 Å². The Bertz CT molecular complexity index is 645. The normalized spacial score (nSPS) is 11.1. The molecule has 6 heteroatoms. The Morgan fingerprint density at radius 3 is 2.84 bits per heavy atom. The summed E-state index contributed by atoms with van der Waals surface area (Å²) in [6, 6.07) is 4.41. The molecule has 2 aromatic rings. The third-order valence-corrected chi connectivity index (χ3v) is 2.88. The van der Waals surface area contributed by atoms with Gasteiger partial charge in [0, 0.05) is 17.8 Å². The predicted octanol–water partition coefficient (Wildman–Crippen LogP) is 3.07. The highest BCUT2D eigenvalue weighted by Crippen LogP contribution is 2.22. The Morgan fingerprint density at radius 1 is 1.53 bits per heavy atom. The van der Waals surface area contributed by atoms with Crippen LogP contribution >= 0.6 is 11.6 Å². The second kappa shape index (κ2) is 5.24. The molecular formula is C13H10ClFN2O2. The maximum absolute atomic E-state index is 13.8. The number of aryl methyl sites for hydroxylation is 1. The van der Waals surface area contributed by atoms with E-state index in [1.165, 1.54) is 22.9 Å². The molecule has 0 unspecified atom stereocenters. The number of nitrogens with zero attached hydrogens (tertiary/aromatic N) is 2. The van der Waals surface area contributed by atoms with E-state index < -0.39 is 11.8 Å². The highest BCUT2D eigenvalue weighted by Gasteiger charge is 2.10. The van der Waals surface area contributed by atoms with Gasteiger partial charge in [0.2, 0.25) is 0 Å². The molecule has 4 nitrogen and oxygen atoms in total. The molecule has 0 amide bonds. The average molecular weight is 281 g/mol. The lowest BCUT2D eigenvalue weighted by Gasteiger charge is -2.06. The second-order valence-electron chi connectivity index (χ2n) is 3.85. The van der Waals surface area contributed by atoms with Crippen LogP contribution < -0.4 is 0 Å². The maximum atomic E-state index is 13.8. The van der Waals surface area contributed by atoms with E-state index in [0.717, 1.165) is 6.08 Å². The van der Waals surface area contributed by atoms with Crippen LogP contribution in [0.2, 0.25) is 5.02 Å². The van der Waals surface area contributed by atoms with E-state index in [-0.39, 0.29) is 5.56 Å². The quantitative estimate of drug-likeness (QED) is 0.879. The molecule has 0 spiro atoms. The van der Waals surface area contributed by atoms with Gasteiger partial charge in [0.25, 0.3) is 0 Å². The molecule has 0 saturated heterocycles. The predicted molar refractivity (Wildman–Crippen MR) is 69.9 cm³/mol. The number of carboxylic acids is 1. The van der Waals surface area contributed by atoms with Crippen molar-refractivity contribution in [3.05, 3.63) is 52.6 Å². The van der Waals surface area contributed by atoms with E-state index >= 15 is 0 Å². The van der Waals surface area contributed by atoms with E-state index in [0.29, 0.717) is 16.4 Å². The van der Waals surface area contributed by atoms with Gasteiger partial charge in [-0.15, -0.1) is 0 Å². The first-order valence-electron chi connectivity index (χ1n) is 5.40. The second-order valence-corrected chi connectivity index (χ2v) is 4.26. The van der Waals surface area contributed by atoms with Gasteiger partial charge < -0.3 is 5.11 Å². The largest absolute Gasteiger partial charge is 0.478 e. The Morgan fingerprint density at radius 2 is 2.26 bits per heavy atom. The van der Waals surface area contributed by atoms with Crippen LogP contribution in [-0.2, 0) is 4.79 Å². The van der Waals surface area contributed by atoms with Gasteiger partial charge in [0.15, 0.2) is 0 Å². The minimum Gasteiger partial charge on any atom is -0.478 e. The van der Waals surface area contributed by atoms with Crippen molar-refractivity contribution in [2.45, 2.75) is 6.92 Å². The van der Waals surface area contributed by atoms with Gasteiger partial charge in [-0.2, -0.15) is 5.10 Å². The monoisotopic (exact) mass is 280 g/mol. The summed E-state index contributed by atoms with van der Waals surface area (Å²) in [4.78, 5) is 10.5. The van der Waals surface area contributed by atoms with Crippen molar-refractivity contribution in [2.24, 2.45) is 0 Å². The number of benzene rings is 1. The first-order valence-corrected chi connectivity index (χ1v) is 5.78. The Labute approximate surface area is 113 Å². The smallest absolute Gasteiger partial charge is 0.328 e. The van der Waals surface area contributed by atoms with Crippen molar-refractivity contribution in [2.75, 3.05) is 0 Å². The summed E-state index contributed by atoms with van der Waals surface area (Å²) in [7, 11) is 0. The third kappa shape index (κ3) is 2.82. The molecule has 1 heterocycles. The standard InChI is InChI=1S/C13H10ClFN2O2/c1-8-10(14)7-17(16-8)12-4-2-3-11(15)9(12)5-6-13(18)19/h2-7H,1H3,(H,18,19)/b6-5+. The van der Waals surface area contributed by atoms with Gasteiger partial charge in [-0.3, -0.25) is 0 Å². The van der Waals surface area contributed by atoms with Crippen LogP contribution in [0.3, 0.4) is 0 Å². The molecule has 2 rings (SSSR count). The van der Waals surface area contributed by atoms with E-state index in [9.17, 15) is 9.18 Å². The van der Waals surface area contributed by atoms with E-state index in [1.54, 1.807) is 19.2 Å². The molecule has 0 aliphatic heterocycles. The molecule has 0 radical (unpaired) electrons. The molecule has 1 aromatic carbocycles. The maximum Gasteiger partial charge on any atom is 0.328 e. The Hall–Kier alpha value is -2.14. The summed E-state index contributed by atoms with van der Waals surface area (Å²) in [5.41, 5.74) is 1.18. The number of carboxylic acid groups (broad SMARTS) is 1. The lowest BCUT2D eigenvalue weighted by molar-refractivity contribution is -0.131. The third-order valence-electron chi connectivity index (χ3n) is 2.51. The number of hydrogen-bond acceptors (Lipinski definition) is 2. The molecule has 0 atom stereocenters. The number of aliphatic carboxylic acids is 1. The lowest BCUT2D eigenvalue weighted by Crippen LogP contribution is -2.00. The van der Waals surface area contributed by atoms with Gasteiger partial charge >= 0.3 is 5.97 Å². The van der Waals surface area contributed by atoms with Crippen LogP contribution in [0, 0.1) is 12.7 Å². The highest BCUT2D eigenvalue weighted by atomic mass is 35.5. The van der Waals surface area contributed by atoms with E-state index in [2.05, 4.69) is 5.10 Å². The molecule has 0 aliphatic carbocycles. The van der Waals surface area contributed by atoms with Gasteiger partial charge in [0.1, 0.15) is 5.82 Å². The minimum absolute atomic E-state index is 0.143. The molecule has 0 saturated carbocycles. The van der Waals surface area contributed by atoms with Gasteiger partial charge in [-0.05, 0) is 25.1 Å². The molecule has 0 aliphatic rings. The van der Waals surface area contributed by atoms with Crippen LogP contribution in [0.25, 0.3) is 11.8 Å². The van der Waals surface area contributed by atoms with Crippen LogP contribution in [-0.4, -0.2) is 20.9 Å². The first-order chi connectivity index (χ1) is 8.99. The molecule has 19 heavy (non-hydrogen) atoms. The van der Waals surface area contributed by atoms with Crippen molar-refractivity contribution in [3.63, 3.8) is 0 Å². The van der Waals surface area contributed by atoms with Crippen molar-refractivity contribution < 1.29 is 14.3 Å². The van der Waals surface area contributed by atoms with Crippen LogP contribution in [0.15, 0.2) is 30.5 Å². The summed E-state index contributed by atoms with van der Waals surface area (Å²) in [5.74, 6) is -1.68. The van der Waals surface area contributed by atoms with Crippen LogP contribution in [0.5, 0.6) is 0 Å². The zero-order valence-corrected chi connectivity index (χ0v) is 10.7. The number of hydrogen-bond donors (Lipinski definition) is 1. The summed E-state index contributed by atoms with van der Waals surface area (Å²) in [5, 5.41) is 13.2. The summed E-state index contributed by atoms with van der Waals surface area (Å²) in [6.07, 6.45) is 3.61. The zero-order valence-electron chi connectivity index (χ0n) is 9.97. The fraction of sp³-hybridized carbons (Fsp3) is 0.0769. The zero-order chi connectivity index (χ0) is 14.0. The SMILES string of the molecule is Cc1nn(-c2cccc(F)c2/C=C/C(=O)O)cc1Cl. The molecule has 0 fully saturated rings. The molecule has 0 bridgehead atoms. The first kappa shape index (κ1) is 13.3. The summed E-state index contributed by atoms with van der Waals surface area (Å²) >= 11 is 5.91. The Balaban J connectivity index is 2.57. The van der Waals surface area contributed by atoms with E-state index in [1.807, 2.05) is 0 Å². The summed E-state index contributed by atoms with van der Waals surface area (Å²) < 4.78 is 15.2. The fourth-order valence-corrected chi connectivity index (χ4v) is 1.74. The summed E-state index contributed by atoms with van der Waals surface area (Å²) in [6.45, 7) is 1.73. The van der Waals surface area contributed by atoms with Gasteiger partial charge in [-0.1, -0.05) is 17.7 Å². The fourth-order valence-electron chi connectivity index (χ4n) is 1.61. The average Bonchev–Trinajstić information content (AvgIpc) is 2.67. The van der Waals surface area contributed by atoms with Crippen LogP contribution in [0.1, 0.15) is 11.3 Å². The molecule has 1 aromatic heterocycles. The van der Waals surface area contributed by atoms with Crippen LogP contribution in [0.4, 0.5) is 4.39 Å². The number of aromatic nitrogens is 2.